The number of hydrogen-bond donors (Lipinski definition) is 1. The first-order valence-corrected chi connectivity index (χ1v) is 11.0. The summed E-state index contributed by atoms with van der Waals surface area (Å²) in [6.45, 7) is 4.04. The van der Waals surface area contributed by atoms with Crippen LogP contribution in [-0.2, 0) is 16.6 Å². The Morgan fingerprint density at radius 3 is 2.62 bits per heavy atom. The number of halogens is 1. The van der Waals surface area contributed by atoms with Crippen LogP contribution in [-0.4, -0.2) is 55.1 Å². The van der Waals surface area contributed by atoms with Crippen LogP contribution in [0.5, 0.6) is 0 Å². The van der Waals surface area contributed by atoms with E-state index in [0.717, 1.165) is 11.3 Å². The van der Waals surface area contributed by atoms with Gasteiger partial charge in [-0.05, 0) is 36.3 Å². The highest BCUT2D eigenvalue weighted by atomic mass is 19.1. The molecule has 4 rings (SSSR count). The summed E-state index contributed by atoms with van der Waals surface area (Å²) in [5.74, 6) is 0.210. The predicted octanol–water partition coefficient (Wildman–Crippen LogP) is 3.38. The standard InChI is InChI=1S/C24H27FN6O3/c1-14(2)21-19(10-9-18-11-17(32)12-20(33)34-18)22(15-5-7-16(25)8-6-15)29-23(28-21)30(3)24-26-13-27-31(24)4/h5-10,13-14,17-18,32H,11-12H2,1-4H3/b10-9+/t17-,18+/m0/s1. The van der Waals surface area contributed by atoms with Crippen molar-refractivity contribution in [3.8, 4) is 11.3 Å². The number of aliphatic hydroxyl groups is 1. The number of cyclic esters (lactones) is 1. The van der Waals surface area contributed by atoms with E-state index in [4.69, 9.17) is 14.7 Å². The molecule has 1 N–H and O–H groups in total. The summed E-state index contributed by atoms with van der Waals surface area (Å²) in [5.41, 5.74) is 2.80. The fourth-order valence-corrected chi connectivity index (χ4v) is 3.87. The van der Waals surface area contributed by atoms with Gasteiger partial charge in [0.1, 0.15) is 18.2 Å². The number of benzene rings is 1. The number of rotatable bonds is 6. The topological polar surface area (TPSA) is 106 Å². The third-order valence-electron chi connectivity index (χ3n) is 5.58. The fraction of sp³-hybridized carbons (Fsp3) is 0.375. The van der Waals surface area contributed by atoms with Crippen LogP contribution in [0.4, 0.5) is 16.3 Å². The number of esters is 1. The van der Waals surface area contributed by atoms with Crippen LogP contribution >= 0.6 is 0 Å². The van der Waals surface area contributed by atoms with Crippen molar-refractivity contribution in [2.24, 2.45) is 7.05 Å². The van der Waals surface area contributed by atoms with E-state index in [-0.39, 0.29) is 18.2 Å². The van der Waals surface area contributed by atoms with Crippen LogP contribution in [0.3, 0.4) is 0 Å². The SMILES string of the molecule is CC(C)c1nc(N(C)c2ncnn2C)nc(-c2ccc(F)cc2)c1/C=C/[C@@H]1C[C@H](O)CC(=O)O1. The highest BCUT2D eigenvalue weighted by Crippen LogP contribution is 2.32. The lowest BCUT2D eigenvalue weighted by molar-refractivity contribution is -0.156. The van der Waals surface area contributed by atoms with Crippen LogP contribution in [0.15, 0.2) is 36.7 Å². The van der Waals surface area contributed by atoms with Crippen molar-refractivity contribution in [3.05, 3.63) is 53.7 Å². The third-order valence-corrected chi connectivity index (χ3v) is 5.58. The molecule has 0 unspecified atom stereocenters. The number of hydrogen-bond acceptors (Lipinski definition) is 8. The van der Waals surface area contributed by atoms with Gasteiger partial charge >= 0.3 is 5.97 Å². The number of carbonyl (C=O) groups excluding carboxylic acids is 1. The average Bonchev–Trinajstić information content (AvgIpc) is 3.22. The Labute approximate surface area is 196 Å². The van der Waals surface area contributed by atoms with Crippen molar-refractivity contribution < 1.29 is 19.0 Å². The van der Waals surface area contributed by atoms with Crippen molar-refractivity contribution in [2.75, 3.05) is 11.9 Å². The molecule has 178 valence electrons. The normalized spacial score (nSPS) is 18.5. The number of aromatic nitrogens is 5. The van der Waals surface area contributed by atoms with Crippen molar-refractivity contribution in [3.63, 3.8) is 0 Å². The van der Waals surface area contributed by atoms with E-state index in [9.17, 15) is 14.3 Å². The van der Waals surface area contributed by atoms with E-state index in [1.165, 1.54) is 18.5 Å². The molecule has 2 atom stereocenters. The molecule has 0 aliphatic carbocycles. The summed E-state index contributed by atoms with van der Waals surface area (Å²) in [6, 6.07) is 6.09. The highest BCUT2D eigenvalue weighted by Gasteiger charge is 2.26. The van der Waals surface area contributed by atoms with E-state index in [2.05, 4.69) is 10.1 Å². The lowest BCUT2D eigenvalue weighted by Crippen LogP contribution is -2.31. The molecule has 9 nitrogen and oxygen atoms in total. The Kier molecular flexibility index (Phi) is 6.69. The zero-order valence-electron chi connectivity index (χ0n) is 19.5. The Balaban J connectivity index is 1.84. The summed E-state index contributed by atoms with van der Waals surface area (Å²) < 4.78 is 20.6. The summed E-state index contributed by atoms with van der Waals surface area (Å²) >= 11 is 0. The molecule has 0 radical (unpaired) electrons. The van der Waals surface area contributed by atoms with Crippen molar-refractivity contribution >= 4 is 23.9 Å². The molecule has 3 aromatic rings. The molecule has 1 fully saturated rings. The van der Waals surface area contributed by atoms with E-state index in [1.807, 2.05) is 19.9 Å². The molecule has 2 aromatic heterocycles. The monoisotopic (exact) mass is 466 g/mol. The minimum absolute atomic E-state index is 0.00535. The van der Waals surface area contributed by atoms with E-state index >= 15 is 0 Å². The Hall–Kier alpha value is -3.66. The second-order valence-electron chi connectivity index (χ2n) is 8.56. The molecule has 3 heterocycles. The molecular weight excluding hydrogens is 439 g/mol. The lowest BCUT2D eigenvalue weighted by Gasteiger charge is -2.24. The zero-order valence-corrected chi connectivity index (χ0v) is 19.5. The fourth-order valence-electron chi connectivity index (χ4n) is 3.87. The van der Waals surface area contributed by atoms with Crippen LogP contribution in [0, 0.1) is 5.82 Å². The maximum absolute atomic E-state index is 13.7. The second kappa shape index (κ2) is 9.68. The smallest absolute Gasteiger partial charge is 0.309 e. The van der Waals surface area contributed by atoms with Crippen LogP contribution in [0.25, 0.3) is 17.3 Å². The summed E-state index contributed by atoms with van der Waals surface area (Å²) in [5, 5.41) is 14.1. The molecule has 0 spiro atoms. The Bertz CT molecular complexity index is 1210. The number of anilines is 2. The lowest BCUT2D eigenvalue weighted by atomic mass is 9.97. The molecule has 0 saturated carbocycles. The molecule has 10 heteroatoms. The summed E-state index contributed by atoms with van der Waals surface area (Å²) in [6.07, 6.45) is 4.02. The van der Waals surface area contributed by atoms with Gasteiger partial charge in [-0.3, -0.25) is 9.69 Å². The summed E-state index contributed by atoms with van der Waals surface area (Å²) in [4.78, 5) is 27.4. The first kappa shape index (κ1) is 23.5. The van der Waals surface area contributed by atoms with Gasteiger partial charge in [-0.1, -0.05) is 19.9 Å². The number of aliphatic hydroxyl groups excluding tert-OH is 1. The molecule has 34 heavy (non-hydrogen) atoms. The van der Waals surface area contributed by atoms with Gasteiger partial charge in [0.15, 0.2) is 0 Å². The maximum atomic E-state index is 13.7. The maximum Gasteiger partial charge on any atom is 0.309 e. The quantitative estimate of drug-likeness (QED) is 0.551. The van der Waals surface area contributed by atoms with Crippen LogP contribution < -0.4 is 4.90 Å². The molecule has 1 aromatic carbocycles. The van der Waals surface area contributed by atoms with Gasteiger partial charge in [-0.25, -0.2) is 19.0 Å². The van der Waals surface area contributed by atoms with Gasteiger partial charge in [0.2, 0.25) is 11.9 Å². The van der Waals surface area contributed by atoms with Gasteiger partial charge in [0, 0.05) is 31.6 Å². The first-order chi connectivity index (χ1) is 16.2. The predicted molar refractivity (Wildman–Crippen MR) is 125 cm³/mol. The number of nitrogens with zero attached hydrogens (tertiary/aromatic N) is 6. The van der Waals surface area contributed by atoms with Crippen LogP contribution in [0.1, 0.15) is 43.9 Å². The molecule has 1 aliphatic heterocycles. The van der Waals surface area contributed by atoms with Gasteiger partial charge in [-0.2, -0.15) is 10.1 Å². The van der Waals surface area contributed by atoms with Gasteiger partial charge in [0.05, 0.1) is 23.9 Å². The van der Waals surface area contributed by atoms with Crippen LogP contribution in [0.2, 0.25) is 0 Å². The van der Waals surface area contributed by atoms with Gasteiger partial charge < -0.3 is 9.84 Å². The molecule has 1 aliphatic rings. The van der Waals surface area contributed by atoms with Gasteiger partial charge in [0.25, 0.3) is 0 Å². The summed E-state index contributed by atoms with van der Waals surface area (Å²) in [7, 11) is 3.58. The third kappa shape index (κ3) is 4.96. The van der Waals surface area contributed by atoms with E-state index < -0.39 is 18.2 Å². The minimum Gasteiger partial charge on any atom is -0.458 e. The molecule has 0 bridgehead atoms. The zero-order chi connectivity index (χ0) is 24.4. The first-order valence-electron chi connectivity index (χ1n) is 11.0. The number of carbonyl (C=O) groups is 1. The Morgan fingerprint density at radius 1 is 1.26 bits per heavy atom. The Morgan fingerprint density at radius 2 is 2.00 bits per heavy atom. The van der Waals surface area contributed by atoms with Crippen molar-refractivity contribution in [2.45, 2.75) is 44.8 Å². The van der Waals surface area contributed by atoms with Crippen molar-refractivity contribution in [1.29, 1.82) is 0 Å². The largest absolute Gasteiger partial charge is 0.458 e. The average molecular weight is 467 g/mol. The van der Waals surface area contributed by atoms with E-state index in [0.29, 0.717) is 29.6 Å². The molecular formula is C24H27FN6O3. The molecule has 0 amide bonds. The van der Waals surface area contributed by atoms with E-state index in [1.54, 1.807) is 41.9 Å². The minimum atomic E-state index is -0.740. The molecule has 1 saturated heterocycles. The number of aryl methyl sites for hydroxylation is 1. The highest BCUT2D eigenvalue weighted by molar-refractivity contribution is 5.76. The number of ether oxygens (including phenoxy) is 1. The van der Waals surface area contributed by atoms with Crippen molar-refractivity contribution in [1.82, 2.24) is 24.7 Å². The van der Waals surface area contributed by atoms with Gasteiger partial charge in [-0.15, -0.1) is 0 Å². The second-order valence-corrected chi connectivity index (χ2v) is 8.56.